The summed E-state index contributed by atoms with van der Waals surface area (Å²) >= 11 is 0. The Morgan fingerprint density at radius 2 is 1.18 bits per heavy atom. The molecular formula is C28H17F4IrN3O3-2. The standard InChI is InChI=1S/2C11H6F2N.C6H5NO3.Ir/c2*12-8-4-5-9(10(13)7-8)11-3-1-2-6-14-11;8-4-1-2-7-5(3-4)6(9)10;/h2*1-4,6-7H;1-3H,(H,7,8)(H,9,10);/q2*-1;;. The van der Waals surface area contributed by atoms with Crippen LogP contribution in [-0.4, -0.2) is 31.1 Å². The predicted octanol–water partition coefficient (Wildman–Crippen LogP) is 6.14. The largest absolute Gasteiger partial charge is 0.508 e. The number of aromatic carboxylic acids is 1. The summed E-state index contributed by atoms with van der Waals surface area (Å²) in [4.78, 5) is 21.6. The number of carboxylic acid groups (broad SMARTS) is 1. The molecule has 0 aliphatic heterocycles. The Morgan fingerprint density at radius 1 is 0.692 bits per heavy atom. The smallest absolute Gasteiger partial charge is 0.354 e. The van der Waals surface area contributed by atoms with Crippen LogP contribution in [0.4, 0.5) is 17.6 Å². The van der Waals surface area contributed by atoms with Crippen molar-refractivity contribution in [3.05, 3.63) is 132 Å². The van der Waals surface area contributed by atoms with E-state index >= 15 is 0 Å². The molecule has 3 heterocycles. The molecule has 0 saturated carbocycles. The topological polar surface area (TPSA) is 96.2 Å². The Kier molecular flexibility index (Phi) is 11.9. The van der Waals surface area contributed by atoms with Crippen LogP contribution < -0.4 is 0 Å². The Morgan fingerprint density at radius 3 is 1.51 bits per heavy atom. The van der Waals surface area contributed by atoms with Crippen LogP contribution >= 0.6 is 0 Å². The molecule has 0 amide bonds. The predicted molar refractivity (Wildman–Crippen MR) is 130 cm³/mol. The molecule has 0 aliphatic rings. The molecule has 5 rings (SSSR count). The maximum Gasteiger partial charge on any atom is 0.354 e. The minimum absolute atomic E-state index is 0. The minimum atomic E-state index is -1.14. The quantitative estimate of drug-likeness (QED) is 0.173. The number of nitrogens with zero attached hydrogens (tertiary/aromatic N) is 3. The van der Waals surface area contributed by atoms with Crippen molar-refractivity contribution in [2.24, 2.45) is 0 Å². The SMILES string of the molecule is Fc1c[c-]c(-c2ccccn2)c(F)c1.Fc1c[c-]c(-c2ccccn2)c(F)c1.O=C(O)c1cc(O)ccn1.[Ir]. The second-order valence-corrected chi connectivity index (χ2v) is 7.22. The van der Waals surface area contributed by atoms with Crippen molar-refractivity contribution in [3.63, 3.8) is 0 Å². The molecule has 11 heteroatoms. The average molecular weight is 712 g/mol. The Labute approximate surface area is 234 Å². The maximum absolute atomic E-state index is 13.2. The molecule has 0 atom stereocenters. The van der Waals surface area contributed by atoms with Crippen molar-refractivity contribution >= 4 is 5.97 Å². The normalized spacial score (nSPS) is 9.64. The number of halogens is 4. The Hall–Kier alpha value is -4.47. The monoisotopic (exact) mass is 712 g/mol. The first-order valence-corrected chi connectivity index (χ1v) is 10.7. The van der Waals surface area contributed by atoms with Gasteiger partial charge in [-0.3, -0.25) is 17.6 Å². The van der Waals surface area contributed by atoms with Crippen molar-refractivity contribution < 1.29 is 52.7 Å². The fourth-order valence-electron chi connectivity index (χ4n) is 2.84. The van der Waals surface area contributed by atoms with Crippen molar-refractivity contribution in [2.75, 3.05) is 0 Å². The van der Waals surface area contributed by atoms with Gasteiger partial charge in [-0.15, -0.1) is 24.3 Å². The Bertz CT molecular complexity index is 1420. The van der Waals surface area contributed by atoms with E-state index in [9.17, 15) is 22.4 Å². The summed E-state index contributed by atoms with van der Waals surface area (Å²) in [7, 11) is 0. The van der Waals surface area contributed by atoms with E-state index in [1.54, 1.807) is 48.8 Å². The molecule has 5 aromatic rings. The molecule has 3 aromatic heterocycles. The first kappa shape index (κ1) is 30.8. The third-order valence-electron chi connectivity index (χ3n) is 4.52. The maximum atomic E-state index is 13.2. The molecule has 2 N–H and O–H groups in total. The van der Waals surface area contributed by atoms with Crippen LogP contribution in [0.3, 0.4) is 0 Å². The molecule has 0 unspecified atom stereocenters. The van der Waals surface area contributed by atoms with E-state index in [0.717, 1.165) is 30.3 Å². The third kappa shape index (κ3) is 9.41. The fraction of sp³-hybridized carbons (Fsp3) is 0. The second-order valence-electron chi connectivity index (χ2n) is 7.22. The molecule has 39 heavy (non-hydrogen) atoms. The summed E-state index contributed by atoms with van der Waals surface area (Å²) in [6.45, 7) is 0. The molecular weight excluding hydrogens is 695 g/mol. The zero-order valence-electron chi connectivity index (χ0n) is 19.6. The molecule has 0 saturated heterocycles. The summed E-state index contributed by atoms with van der Waals surface area (Å²) in [5.74, 6) is -3.81. The van der Waals surface area contributed by atoms with Gasteiger partial charge >= 0.3 is 5.97 Å². The van der Waals surface area contributed by atoms with E-state index in [2.05, 4.69) is 27.1 Å². The van der Waals surface area contributed by atoms with Gasteiger partial charge in [-0.05, 0) is 29.6 Å². The van der Waals surface area contributed by atoms with E-state index in [0.29, 0.717) is 11.4 Å². The fourth-order valence-corrected chi connectivity index (χ4v) is 2.84. The number of aromatic hydroxyl groups is 1. The van der Waals surface area contributed by atoms with Gasteiger partial charge in [-0.2, -0.15) is 0 Å². The van der Waals surface area contributed by atoms with Crippen LogP contribution in [-0.2, 0) is 20.1 Å². The summed E-state index contributed by atoms with van der Waals surface area (Å²) in [5.41, 5.74) is 1.12. The molecule has 6 nitrogen and oxygen atoms in total. The third-order valence-corrected chi connectivity index (χ3v) is 4.52. The molecule has 201 valence electrons. The Balaban J connectivity index is 0.000000206. The van der Waals surface area contributed by atoms with Crippen LogP contribution in [0.1, 0.15) is 10.5 Å². The number of hydrogen-bond donors (Lipinski definition) is 2. The molecule has 2 aromatic carbocycles. The van der Waals surface area contributed by atoms with Gasteiger partial charge in [-0.1, -0.05) is 47.5 Å². The van der Waals surface area contributed by atoms with Crippen molar-refractivity contribution in [1.82, 2.24) is 15.0 Å². The first-order chi connectivity index (χ1) is 18.2. The molecule has 0 bridgehead atoms. The number of carbonyl (C=O) groups is 1. The van der Waals surface area contributed by atoms with Crippen LogP contribution in [0.15, 0.2) is 91.4 Å². The minimum Gasteiger partial charge on any atom is -0.508 e. The van der Waals surface area contributed by atoms with Crippen molar-refractivity contribution in [2.45, 2.75) is 0 Å². The van der Waals surface area contributed by atoms with Gasteiger partial charge < -0.3 is 20.2 Å². The van der Waals surface area contributed by atoms with E-state index in [1.807, 2.05) is 0 Å². The van der Waals surface area contributed by atoms with E-state index < -0.39 is 29.2 Å². The van der Waals surface area contributed by atoms with Crippen LogP contribution in [0, 0.1) is 35.4 Å². The van der Waals surface area contributed by atoms with Gasteiger partial charge in [0.2, 0.25) is 0 Å². The van der Waals surface area contributed by atoms with Crippen molar-refractivity contribution in [1.29, 1.82) is 0 Å². The average Bonchev–Trinajstić information content (AvgIpc) is 2.90. The van der Waals surface area contributed by atoms with Crippen molar-refractivity contribution in [3.8, 4) is 28.3 Å². The summed E-state index contributed by atoms with van der Waals surface area (Å²) in [5, 5.41) is 17.1. The van der Waals surface area contributed by atoms with Gasteiger partial charge in [0.25, 0.3) is 0 Å². The number of rotatable bonds is 3. The zero-order chi connectivity index (χ0) is 27.5. The molecule has 0 fully saturated rings. The van der Waals surface area contributed by atoms with Gasteiger partial charge in [0.05, 0.1) is 0 Å². The zero-order valence-corrected chi connectivity index (χ0v) is 22.0. The first-order valence-electron chi connectivity index (χ1n) is 10.7. The molecule has 0 aliphatic carbocycles. The number of pyridine rings is 3. The molecule has 1 radical (unpaired) electrons. The summed E-state index contributed by atoms with van der Waals surface area (Å²) in [6, 6.07) is 21.5. The van der Waals surface area contributed by atoms with Gasteiger partial charge in [0, 0.05) is 68.0 Å². The summed E-state index contributed by atoms with van der Waals surface area (Å²) in [6.07, 6.45) is 4.33. The van der Waals surface area contributed by atoms with Gasteiger partial charge in [-0.25, -0.2) is 9.78 Å². The van der Waals surface area contributed by atoms with E-state index in [1.165, 1.54) is 12.3 Å². The molecule has 0 spiro atoms. The van der Waals surface area contributed by atoms with Crippen LogP contribution in [0.25, 0.3) is 22.5 Å². The van der Waals surface area contributed by atoms with Gasteiger partial charge in [0.15, 0.2) is 5.69 Å². The van der Waals surface area contributed by atoms with E-state index in [4.69, 9.17) is 10.2 Å². The second kappa shape index (κ2) is 15.1. The van der Waals surface area contributed by atoms with Crippen LogP contribution in [0.2, 0.25) is 0 Å². The van der Waals surface area contributed by atoms with E-state index in [-0.39, 0.29) is 42.7 Å². The number of aromatic nitrogens is 3. The van der Waals surface area contributed by atoms with Crippen LogP contribution in [0.5, 0.6) is 5.75 Å². The number of hydrogen-bond acceptors (Lipinski definition) is 5. The number of carboxylic acids is 1. The summed E-state index contributed by atoms with van der Waals surface area (Å²) < 4.78 is 51.6. The van der Waals surface area contributed by atoms with Gasteiger partial charge in [0.1, 0.15) is 5.75 Å². The number of benzene rings is 2.